The molecule has 2 aliphatic rings. The minimum Gasteiger partial charge on any atom is -0.336 e. The second-order valence-electron chi connectivity index (χ2n) is 7.71. The molecule has 0 radical (unpaired) electrons. The van der Waals surface area contributed by atoms with Gasteiger partial charge >= 0.3 is 6.03 Å². The standard InChI is InChI=1S/C21H27N5O2/c27-20-13-17(15-25(20)14-16-7-3-1-4-8-16)23-21(28)24-19-11-12-22-26(19)18-9-5-2-6-10-18/h1,3-4,7-8,11-12,17-18H,2,5-6,9-10,13-15H2,(H2,23,24,28). The van der Waals surface area contributed by atoms with Gasteiger partial charge in [0.25, 0.3) is 0 Å². The predicted molar refractivity (Wildman–Crippen MR) is 107 cm³/mol. The van der Waals surface area contributed by atoms with E-state index in [1.807, 2.05) is 41.1 Å². The van der Waals surface area contributed by atoms with Crippen molar-refractivity contribution in [2.24, 2.45) is 0 Å². The van der Waals surface area contributed by atoms with E-state index < -0.39 is 0 Å². The Hall–Kier alpha value is -2.83. The topological polar surface area (TPSA) is 79.3 Å². The Labute approximate surface area is 165 Å². The minimum atomic E-state index is -0.281. The normalized spacial score (nSPS) is 20.4. The van der Waals surface area contributed by atoms with Crippen molar-refractivity contribution in [3.8, 4) is 0 Å². The smallest absolute Gasteiger partial charge is 0.320 e. The molecular weight excluding hydrogens is 354 g/mol. The second-order valence-corrected chi connectivity index (χ2v) is 7.71. The Morgan fingerprint density at radius 1 is 1.11 bits per heavy atom. The fraction of sp³-hybridized carbons (Fsp3) is 0.476. The lowest BCUT2D eigenvalue weighted by Crippen LogP contribution is -2.40. The fourth-order valence-electron chi connectivity index (χ4n) is 4.19. The zero-order chi connectivity index (χ0) is 19.3. The first-order valence-corrected chi connectivity index (χ1v) is 10.1. The van der Waals surface area contributed by atoms with Crippen LogP contribution in [0.15, 0.2) is 42.6 Å². The Bertz CT molecular complexity index is 813. The number of likely N-dealkylation sites (tertiary alicyclic amines) is 1. The molecule has 0 spiro atoms. The van der Waals surface area contributed by atoms with Crippen LogP contribution in [0.4, 0.5) is 10.6 Å². The number of carbonyl (C=O) groups excluding carboxylic acids is 2. The summed E-state index contributed by atoms with van der Waals surface area (Å²) in [5.74, 6) is 0.788. The van der Waals surface area contributed by atoms with E-state index in [2.05, 4.69) is 15.7 Å². The van der Waals surface area contributed by atoms with E-state index in [9.17, 15) is 9.59 Å². The Morgan fingerprint density at radius 2 is 1.89 bits per heavy atom. The summed E-state index contributed by atoms with van der Waals surface area (Å²) >= 11 is 0. The van der Waals surface area contributed by atoms with Gasteiger partial charge in [0.2, 0.25) is 5.91 Å². The molecule has 28 heavy (non-hydrogen) atoms. The summed E-state index contributed by atoms with van der Waals surface area (Å²) in [4.78, 5) is 26.6. The van der Waals surface area contributed by atoms with Gasteiger partial charge in [0, 0.05) is 25.6 Å². The number of nitrogens with one attached hydrogen (secondary N) is 2. The summed E-state index contributed by atoms with van der Waals surface area (Å²) < 4.78 is 1.93. The number of amides is 3. The molecule has 148 valence electrons. The second kappa shape index (κ2) is 8.46. The largest absolute Gasteiger partial charge is 0.336 e. The summed E-state index contributed by atoms with van der Waals surface area (Å²) in [6.07, 6.45) is 7.95. The van der Waals surface area contributed by atoms with E-state index in [-0.39, 0.29) is 18.0 Å². The van der Waals surface area contributed by atoms with Crippen LogP contribution in [0.3, 0.4) is 0 Å². The van der Waals surface area contributed by atoms with Crippen molar-refractivity contribution < 1.29 is 9.59 Å². The highest BCUT2D eigenvalue weighted by atomic mass is 16.2. The number of benzene rings is 1. The van der Waals surface area contributed by atoms with E-state index in [0.717, 1.165) is 24.2 Å². The zero-order valence-electron chi connectivity index (χ0n) is 16.0. The van der Waals surface area contributed by atoms with Crippen molar-refractivity contribution in [2.75, 3.05) is 11.9 Å². The minimum absolute atomic E-state index is 0.0707. The molecule has 4 rings (SSSR count). The first-order chi connectivity index (χ1) is 13.7. The number of hydrogen-bond donors (Lipinski definition) is 2. The average molecular weight is 381 g/mol. The van der Waals surface area contributed by atoms with Crippen LogP contribution in [0.1, 0.15) is 50.1 Å². The van der Waals surface area contributed by atoms with Gasteiger partial charge in [0.1, 0.15) is 5.82 Å². The van der Waals surface area contributed by atoms with Crippen molar-refractivity contribution in [3.05, 3.63) is 48.2 Å². The van der Waals surface area contributed by atoms with Gasteiger partial charge in [-0.1, -0.05) is 49.6 Å². The number of carbonyl (C=O) groups is 2. The molecule has 1 saturated carbocycles. The molecule has 7 nitrogen and oxygen atoms in total. The third-order valence-electron chi connectivity index (χ3n) is 5.60. The predicted octanol–water partition coefficient (Wildman–Crippen LogP) is 3.31. The molecule has 2 fully saturated rings. The number of rotatable bonds is 5. The molecule has 1 aliphatic carbocycles. The molecule has 7 heteroatoms. The lowest BCUT2D eigenvalue weighted by atomic mass is 9.96. The van der Waals surface area contributed by atoms with Crippen LogP contribution in [-0.4, -0.2) is 39.2 Å². The maximum Gasteiger partial charge on any atom is 0.320 e. The zero-order valence-corrected chi connectivity index (χ0v) is 16.0. The molecule has 1 aromatic carbocycles. The van der Waals surface area contributed by atoms with E-state index in [4.69, 9.17) is 0 Å². The Balaban J connectivity index is 1.31. The first kappa shape index (κ1) is 18.5. The van der Waals surface area contributed by atoms with Crippen LogP contribution in [-0.2, 0) is 11.3 Å². The number of urea groups is 1. The van der Waals surface area contributed by atoms with Gasteiger partial charge in [-0.05, 0) is 18.4 Å². The fourth-order valence-corrected chi connectivity index (χ4v) is 4.19. The number of aromatic nitrogens is 2. The Morgan fingerprint density at radius 3 is 2.68 bits per heavy atom. The summed E-state index contributed by atoms with van der Waals surface area (Å²) in [7, 11) is 0. The van der Waals surface area contributed by atoms with Gasteiger partial charge in [-0.2, -0.15) is 5.10 Å². The summed E-state index contributed by atoms with van der Waals surface area (Å²) in [6, 6.07) is 11.6. The molecule has 1 atom stereocenters. The number of hydrogen-bond acceptors (Lipinski definition) is 3. The highest BCUT2D eigenvalue weighted by Crippen LogP contribution is 2.29. The lowest BCUT2D eigenvalue weighted by molar-refractivity contribution is -0.128. The molecule has 1 unspecified atom stereocenters. The number of anilines is 1. The van der Waals surface area contributed by atoms with E-state index in [1.54, 1.807) is 11.1 Å². The molecular formula is C21H27N5O2. The first-order valence-electron chi connectivity index (χ1n) is 10.1. The highest BCUT2D eigenvalue weighted by molar-refractivity contribution is 5.89. The van der Waals surface area contributed by atoms with Crippen LogP contribution < -0.4 is 10.6 Å². The third-order valence-corrected chi connectivity index (χ3v) is 5.60. The van der Waals surface area contributed by atoms with Crippen LogP contribution in [0.2, 0.25) is 0 Å². The summed E-state index contributed by atoms with van der Waals surface area (Å²) in [5.41, 5.74) is 1.09. The Kier molecular flexibility index (Phi) is 5.60. The molecule has 1 aliphatic heterocycles. The molecule has 3 amide bonds. The van der Waals surface area contributed by atoms with E-state index in [1.165, 1.54) is 19.3 Å². The van der Waals surface area contributed by atoms with Crippen molar-refractivity contribution in [1.82, 2.24) is 20.0 Å². The summed E-state index contributed by atoms with van der Waals surface area (Å²) in [5, 5.41) is 10.3. The molecule has 2 N–H and O–H groups in total. The third kappa shape index (κ3) is 4.35. The lowest BCUT2D eigenvalue weighted by Gasteiger charge is -2.24. The van der Waals surface area contributed by atoms with Crippen molar-refractivity contribution in [2.45, 2.75) is 57.2 Å². The average Bonchev–Trinajstić information content (AvgIpc) is 3.30. The van der Waals surface area contributed by atoms with Gasteiger partial charge in [-0.3, -0.25) is 10.1 Å². The number of nitrogens with zero attached hydrogens (tertiary/aromatic N) is 3. The molecule has 2 heterocycles. The van der Waals surface area contributed by atoms with Crippen LogP contribution in [0, 0.1) is 0 Å². The van der Waals surface area contributed by atoms with Gasteiger partial charge in [-0.15, -0.1) is 0 Å². The highest BCUT2D eigenvalue weighted by Gasteiger charge is 2.30. The van der Waals surface area contributed by atoms with Crippen LogP contribution >= 0.6 is 0 Å². The van der Waals surface area contributed by atoms with Crippen LogP contribution in [0.5, 0.6) is 0 Å². The van der Waals surface area contributed by atoms with Crippen molar-refractivity contribution >= 4 is 17.8 Å². The van der Waals surface area contributed by atoms with Gasteiger partial charge in [-0.25, -0.2) is 9.48 Å². The monoisotopic (exact) mass is 381 g/mol. The van der Waals surface area contributed by atoms with Gasteiger partial charge < -0.3 is 10.2 Å². The molecule has 1 aromatic heterocycles. The van der Waals surface area contributed by atoms with E-state index in [0.29, 0.717) is 25.6 Å². The maximum atomic E-state index is 12.5. The van der Waals surface area contributed by atoms with Gasteiger partial charge in [0.05, 0.1) is 18.3 Å². The quantitative estimate of drug-likeness (QED) is 0.834. The van der Waals surface area contributed by atoms with Gasteiger partial charge in [0.15, 0.2) is 0 Å². The van der Waals surface area contributed by atoms with Crippen molar-refractivity contribution in [1.29, 1.82) is 0 Å². The maximum absolute atomic E-state index is 12.5. The van der Waals surface area contributed by atoms with E-state index >= 15 is 0 Å². The molecule has 1 saturated heterocycles. The SMILES string of the molecule is O=C(Nc1ccnn1C1CCCCC1)NC1CC(=O)N(Cc2ccccc2)C1. The molecule has 0 bridgehead atoms. The summed E-state index contributed by atoms with van der Waals surface area (Å²) in [6.45, 7) is 1.11. The molecule has 2 aromatic rings. The van der Waals surface area contributed by atoms with Crippen LogP contribution in [0.25, 0.3) is 0 Å². The van der Waals surface area contributed by atoms with Crippen molar-refractivity contribution in [3.63, 3.8) is 0 Å².